The molecule has 0 spiro atoms. The van der Waals surface area contributed by atoms with Crippen LogP contribution < -0.4 is 10.5 Å². The molecular weight excluding hydrogens is 384 g/mol. The number of amides is 1. The van der Waals surface area contributed by atoms with E-state index in [4.69, 9.17) is 11.6 Å². The molecule has 1 aromatic carbocycles. The highest BCUT2D eigenvalue weighted by Crippen LogP contribution is 2.32. The Morgan fingerprint density at radius 2 is 2.07 bits per heavy atom. The topological polar surface area (TPSA) is 58.4 Å². The molecule has 27 heavy (non-hydrogen) atoms. The number of piperazine rings is 1. The van der Waals surface area contributed by atoms with E-state index in [2.05, 4.69) is 9.88 Å². The summed E-state index contributed by atoms with van der Waals surface area (Å²) in [6.45, 7) is 4.68. The standard InChI is InChI=1S/C19H21ClN4O2S/c1-13-11-21-19-24(18(13)26)16(12-27-19)10-17(25)23-7-5-22(6-8-23)15-4-2-3-14(20)9-15/h2-4,9,11,16H,5-8,10,12H2,1H3/t16-/m1/s1. The molecule has 0 bridgehead atoms. The molecule has 142 valence electrons. The lowest BCUT2D eigenvalue weighted by Crippen LogP contribution is -2.49. The van der Waals surface area contributed by atoms with E-state index in [1.165, 1.54) is 0 Å². The first-order valence-electron chi connectivity index (χ1n) is 9.02. The number of hydrogen-bond acceptors (Lipinski definition) is 5. The van der Waals surface area contributed by atoms with Crippen LogP contribution in [0.25, 0.3) is 0 Å². The maximum atomic E-state index is 12.8. The van der Waals surface area contributed by atoms with Crippen LogP contribution >= 0.6 is 23.4 Å². The number of anilines is 1. The van der Waals surface area contributed by atoms with E-state index in [9.17, 15) is 9.59 Å². The number of nitrogens with zero attached hydrogens (tertiary/aromatic N) is 4. The Labute approximate surface area is 167 Å². The third kappa shape index (κ3) is 3.71. The molecule has 6 nitrogen and oxygen atoms in total. The van der Waals surface area contributed by atoms with Crippen molar-refractivity contribution >= 4 is 35.0 Å². The van der Waals surface area contributed by atoms with Gasteiger partial charge < -0.3 is 9.80 Å². The molecule has 4 rings (SSSR count). The quantitative estimate of drug-likeness (QED) is 0.736. The summed E-state index contributed by atoms with van der Waals surface area (Å²) < 4.78 is 1.69. The van der Waals surface area contributed by atoms with Gasteiger partial charge in [0.1, 0.15) is 0 Å². The lowest BCUT2D eigenvalue weighted by atomic mass is 10.1. The first-order chi connectivity index (χ1) is 13.0. The number of hydrogen-bond donors (Lipinski definition) is 0. The van der Waals surface area contributed by atoms with Crippen LogP contribution in [0.4, 0.5) is 5.69 Å². The molecule has 0 aliphatic carbocycles. The lowest BCUT2D eigenvalue weighted by Gasteiger charge is -2.36. The van der Waals surface area contributed by atoms with Gasteiger partial charge in [0.05, 0.1) is 6.04 Å². The van der Waals surface area contributed by atoms with Crippen molar-refractivity contribution in [2.75, 3.05) is 36.8 Å². The predicted molar refractivity (Wildman–Crippen MR) is 108 cm³/mol. The summed E-state index contributed by atoms with van der Waals surface area (Å²) in [5.74, 6) is 0.826. The van der Waals surface area contributed by atoms with E-state index >= 15 is 0 Å². The molecular formula is C19H21ClN4O2S. The maximum absolute atomic E-state index is 12.8. The third-order valence-corrected chi connectivity index (χ3v) is 6.46. The zero-order chi connectivity index (χ0) is 19.0. The maximum Gasteiger partial charge on any atom is 0.257 e. The minimum Gasteiger partial charge on any atom is -0.368 e. The first kappa shape index (κ1) is 18.4. The van der Waals surface area contributed by atoms with Gasteiger partial charge in [0.25, 0.3) is 5.56 Å². The molecule has 1 fully saturated rings. The molecule has 0 radical (unpaired) electrons. The predicted octanol–water partition coefficient (Wildman–Crippen LogP) is 2.59. The van der Waals surface area contributed by atoms with Crippen LogP contribution in [-0.2, 0) is 4.79 Å². The lowest BCUT2D eigenvalue weighted by molar-refractivity contribution is -0.132. The van der Waals surface area contributed by atoms with Gasteiger partial charge in [-0.25, -0.2) is 4.98 Å². The highest BCUT2D eigenvalue weighted by atomic mass is 35.5. The van der Waals surface area contributed by atoms with Crippen molar-refractivity contribution in [2.24, 2.45) is 0 Å². The third-order valence-electron chi connectivity index (χ3n) is 5.12. The number of carbonyl (C=O) groups excluding carboxylic acids is 1. The highest BCUT2D eigenvalue weighted by Gasteiger charge is 2.30. The second kappa shape index (κ2) is 7.56. The van der Waals surface area contributed by atoms with Gasteiger partial charge in [0.15, 0.2) is 5.16 Å². The zero-order valence-electron chi connectivity index (χ0n) is 15.1. The van der Waals surface area contributed by atoms with Gasteiger partial charge in [0, 0.05) is 60.8 Å². The molecule has 1 atom stereocenters. The smallest absolute Gasteiger partial charge is 0.257 e. The monoisotopic (exact) mass is 404 g/mol. The van der Waals surface area contributed by atoms with Gasteiger partial charge in [-0.15, -0.1) is 0 Å². The number of aromatic nitrogens is 2. The molecule has 1 aromatic heterocycles. The van der Waals surface area contributed by atoms with Crippen molar-refractivity contribution in [3.8, 4) is 0 Å². The van der Waals surface area contributed by atoms with E-state index < -0.39 is 0 Å². The van der Waals surface area contributed by atoms with E-state index in [1.807, 2.05) is 29.2 Å². The van der Waals surface area contributed by atoms with Crippen LogP contribution in [-0.4, -0.2) is 52.3 Å². The van der Waals surface area contributed by atoms with Crippen molar-refractivity contribution in [1.29, 1.82) is 0 Å². The average Bonchev–Trinajstić information content (AvgIpc) is 3.08. The molecule has 0 N–H and O–H groups in total. The van der Waals surface area contributed by atoms with Gasteiger partial charge in [0.2, 0.25) is 5.91 Å². The van der Waals surface area contributed by atoms with Crippen LogP contribution in [0.15, 0.2) is 40.4 Å². The molecule has 0 saturated carbocycles. The van der Waals surface area contributed by atoms with E-state index in [0.29, 0.717) is 30.2 Å². The second-order valence-corrected chi connectivity index (χ2v) is 8.34. The van der Waals surface area contributed by atoms with Gasteiger partial charge in [-0.2, -0.15) is 0 Å². The molecule has 1 saturated heterocycles. The second-order valence-electron chi connectivity index (χ2n) is 6.92. The first-order valence-corrected chi connectivity index (χ1v) is 10.4. The van der Waals surface area contributed by atoms with Gasteiger partial charge in [-0.3, -0.25) is 14.2 Å². The highest BCUT2D eigenvalue weighted by molar-refractivity contribution is 7.99. The minimum atomic E-state index is -0.108. The summed E-state index contributed by atoms with van der Waals surface area (Å²) in [4.78, 5) is 33.7. The van der Waals surface area contributed by atoms with Crippen LogP contribution in [0.2, 0.25) is 5.02 Å². The van der Waals surface area contributed by atoms with Crippen molar-refractivity contribution in [3.05, 3.63) is 51.4 Å². The number of thioether (sulfide) groups is 1. The van der Waals surface area contributed by atoms with Gasteiger partial charge in [-0.1, -0.05) is 29.4 Å². The molecule has 2 aromatic rings. The fraction of sp³-hybridized carbons (Fsp3) is 0.421. The SMILES string of the molecule is Cc1cnc2n(c1=O)[C@H](CC(=O)N1CCN(c3cccc(Cl)c3)CC1)CS2. The summed E-state index contributed by atoms with van der Waals surface area (Å²) >= 11 is 7.62. The van der Waals surface area contributed by atoms with Gasteiger partial charge >= 0.3 is 0 Å². The average molecular weight is 405 g/mol. The summed E-state index contributed by atoms with van der Waals surface area (Å²) in [7, 11) is 0. The minimum absolute atomic E-state index is 0.0337. The molecule has 2 aliphatic heterocycles. The fourth-order valence-corrected chi connectivity index (χ4v) is 4.88. The Kier molecular flexibility index (Phi) is 5.14. The van der Waals surface area contributed by atoms with Crippen molar-refractivity contribution in [2.45, 2.75) is 24.5 Å². The van der Waals surface area contributed by atoms with Crippen LogP contribution in [0.3, 0.4) is 0 Å². The van der Waals surface area contributed by atoms with Crippen molar-refractivity contribution < 1.29 is 4.79 Å². The Morgan fingerprint density at radius 3 is 2.81 bits per heavy atom. The van der Waals surface area contributed by atoms with Crippen LogP contribution in [0, 0.1) is 6.92 Å². The fourth-order valence-electron chi connectivity index (χ4n) is 3.59. The molecule has 2 aliphatic rings. The Hall–Kier alpha value is -1.99. The van der Waals surface area contributed by atoms with E-state index in [1.54, 1.807) is 29.4 Å². The molecule has 3 heterocycles. The Morgan fingerprint density at radius 1 is 1.30 bits per heavy atom. The zero-order valence-corrected chi connectivity index (χ0v) is 16.7. The summed E-state index contributed by atoms with van der Waals surface area (Å²) in [6, 6.07) is 7.69. The van der Waals surface area contributed by atoms with Crippen molar-refractivity contribution in [1.82, 2.24) is 14.5 Å². The van der Waals surface area contributed by atoms with Crippen molar-refractivity contribution in [3.63, 3.8) is 0 Å². The largest absolute Gasteiger partial charge is 0.368 e. The van der Waals surface area contributed by atoms with E-state index in [-0.39, 0.29) is 17.5 Å². The van der Waals surface area contributed by atoms with Crippen LogP contribution in [0.5, 0.6) is 0 Å². The molecule has 8 heteroatoms. The normalized spacial score (nSPS) is 19.3. The number of carbonyl (C=O) groups is 1. The summed E-state index contributed by atoms with van der Waals surface area (Å²) in [5.41, 5.74) is 1.67. The Balaban J connectivity index is 1.39. The number of halogens is 1. The Bertz CT molecular complexity index is 924. The summed E-state index contributed by atoms with van der Waals surface area (Å²) in [5, 5.41) is 1.44. The van der Waals surface area contributed by atoms with E-state index in [0.717, 1.165) is 29.6 Å². The number of benzene rings is 1. The van der Waals surface area contributed by atoms with Crippen LogP contribution in [0.1, 0.15) is 18.0 Å². The molecule has 1 amide bonds. The number of rotatable bonds is 3. The number of fused-ring (bicyclic) bond motifs is 1. The molecule has 0 unspecified atom stereocenters. The van der Waals surface area contributed by atoms with Gasteiger partial charge in [-0.05, 0) is 25.1 Å². The summed E-state index contributed by atoms with van der Waals surface area (Å²) in [6.07, 6.45) is 1.96. The number of aryl methyl sites for hydroxylation is 1.